The van der Waals surface area contributed by atoms with Crippen molar-refractivity contribution in [1.82, 2.24) is 9.88 Å². The van der Waals surface area contributed by atoms with Crippen molar-refractivity contribution in [3.8, 4) is 0 Å². The number of hydrogen-bond acceptors (Lipinski definition) is 6. The molecule has 0 unspecified atom stereocenters. The van der Waals surface area contributed by atoms with Crippen LogP contribution in [0, 0.1) is 0 Å². The zero-order valence-electron chi connectivity index (χ0n) is 17.3. The lowest BCUT2D eigenvalue weighted by molar-refractivity contribution is -0.128. The molecule has 2 N–H and O–H groups in total. The molecule has 0 saturated carbocycles. The largest absolute Gasteiger partial charge is 0.476 e. The number of thioether (sulfide) groups is 1. The van der Waals surface area contributed by atoms with Crippen molar-refractivity contribution in [2.24, 2.45) is 0 Å². The molecule has 1 amide bonds. The lowest BCUT2D eigenvalue weighted by Crippen LogP contribution is -2.39. The number of hydrogen-bond donors (Lipinski definition) is 2. The Labute approximate surface area is 186 Å². The van der Waals surface area contributed by atoms with Crippen LogP contribution in [0.3, 0.4) is 0 Å². The summed E-state index contributed by atoms with van der Waals surface area (Å²) < 4.78 is 0.729. The van der Waals surface area contributed by atoms with E-state index in [1.807, 2.05) is 4.90 Å². The van der Waals surface area contributed by atoms with Gasteiger partial charge in [-0.25, -0.2) is 9.78 Å². The highest BCUT2D eigenvalue weighted by atomic mass is 32.2. The predicted molar refractivity (Wildman–Crippen MR) is 123 cm³/mol. The van der Waals surface area contributed by atoms with Gasteiger partial charge in [0.25, 0.3) is 0 Å². The lowest BCUT2D eigenvalue weighted by atomic mass is 10.1. The molecule has 30 heavy (non-hydrogen) atoms. The van der Waals surface area contributed by atoms with Gasteiger partial charge in [-0.05, 0) is 37.0 Å². The third-order valence-electron chi connectivity index (χ3n) is 5.28. The number of benzene rings is 1. The Kier molecular flexibility index (Phi) is 8.57. The van der Waals surface area contributed by atoms with E-state index in [2.05, 4.69) is 41.5 Å². The first-order valence-corrected chi connectivity index (χ1v) is 12.4. The fourth-order valence-electron chi connectivity index (χ4n) is 3.57. The summed E-state index contributed by atoms with van der Waals surface area (Å²) >= 11 is 2.84. The molecule has 162 valence electrons. The third kappa shape index (κ3) is 6.47. The number of anilines is 1. The second-order valence-electron chi connectivity index (χ2n) is 7.47. The van der Waals surface area contributed by atoms with Crippen molar-refractivity contribution in [3.63, 3.8) is 0 Å². The number of likely N-dealkylation sites (tertiary alicyclic amines) is 1. The van der Waals surface area contributed by atoms with Crippen LogP contribution < -0.4 is 5.32 Å². The van der Waals surface area contributed by atoms with Gasteiger partial charge in [0.1, 0.15) is 0 Å². The van der Waals surface area contributed by atoms with Crippen LogP contribution >= 0.6 is 23.1 Å². The molecule has 0 radical (unpaired) electrons. The molecule has 1 fully saturated rings. The first-order chi connectivity index (χ1) is 14.6. The minimum atomic E-state index is -1.01. The number of carboxylic acids is 1. The number of aryl methyl sites for hydroxylation is 1. The van der Waals surface area contributed by atoms with Crippen LogP contribution in [-0.4, -0.2) is 51.8 Å². The van der Waals surface area contributed by atoms with Crippen molar-refractivity contribution >= 4 is 40.7 Å². The highest BCUT2D eigenvalue weighted by Crippen LogP contribution is 2.25. The average molecular weight is 448 g/mol. The van der Waals surface area contributed by atoms with E-state index in [0.717, 1.165) is 29.4 Å². The monoisotopic (exact) mass is 447 g/mol. The topological polar surface area (TPSA) is 82.5 Å². The molecule has 8 heteroatoms. The van der Waals surface area contributed by atoms with Crippen LogP contribution in [0.15, 0.2) is 34.0 Å². The summed E-state index contributed by atoms with van der Waals surface area (Å²) in [6.45, 7) is 3.61. The molecule has 0 spiro atoms. The number of unbranched alkanes of at least 4 members (excludes halogenated alkanes) is 2. The fraction of sp³-hybridized carbons (Fsp3) is 0.500. The summed E-state index contributed by atoms with van der Waals surface area (Å²) in [4.78, 5) is 29.3. The minimum Gasteiger partial charge on any atom is -0.476 e. The maximum Gasteiger partial charge on any atom is 0.355 e. The van der Waals surface area contributed by atoms with E-state index in [0.29, 0.717) is 18.7 Å². The Morgan fingerprint density at radius 2 is 2.13 bits per heavy atom. The van der Waals surface area contributed by atoms with Crippen LogP contribution in [0.4, 0.5) is 5.69 Å². The Balaban J connectivity index is 1.44. The maximum atomic E-state index is 12.3. The zero-order chi connectivity index (χ0) is 21.3. The summed E-state index contributed by atoms with van der Waals surface area (Å²) in [5.74, 6) is -0.103. The molecular formula is C22H29N3O3S2. The van der Waals surface area contributed by atoms with Gasteiger partial charge >= 0.3 is 5.97 Å². The number of rotatable bonds is 12. The maximum absolute atomic E-state index is 12.3. The van der Waals surface area contributed by atoms with E-state index in [-0.39, 0.29) is 17.6 Å². The summed E-state index contributed by atoms with van der Waals surface area (Å²) in [6, 6.07) is 8.81. The molecule has 1 aliphatic rings. The number of carbonyl (C=O) groups excluding carboxylic acids is 1. The molecule has 1 aromatic carbocycles. The number of aromatic carboxylic acids is 1. The van der Waals surface area contributed by atoms with Gasteiger partial charge < -0.3 is 15.3 Å². The van der Waals surface area contributed by atoms with E-state index in [1.54, 1.807) is 5.38 Å². The van der Waals surface area contributed by atoms with Gasteiger partial charge in [-0.1, -0.05) is 43.7 Å². The Morgan fingerprint density at radius 3 is 2.83 bits per heavy atom. The van der Waals surface area contributed by atoms with E-state index < -0.39 is 5.97 Å². The molecule has 2 aromatic rings. The predicted octanol–water partition coefficient (Wildman–Crippen LogP) is 4.77. The highest BCUT2D eigenvalue weighted by molar-refractivity contribution is 8.01. The number of nitrogens with zero attached hydrogens (tertiary/aromatic N) is 2. The van der Waals surface area contributed by atoms with E-state index in [9.17, 15) is 9.59 Å². The zero-order valence-corrected chi connectivity index (χ0v) is 18.9. The molecule has 1 saturated heterocycles. The minimum absolute atomic E-state index is 0.0817. The van der Waals surface area contributed by atoms with Crippen molar-refractivity contribution < 1.29 is 14.7 Å². The van der Waals surface area contributed by atoms with Crippen molar-refractivity contribution in [3.05, 3.63) is 40.9 Å². The second kappa shape index (κ2) is 11.4. The molecular weight excluding hydrogens is 418 g/mol. The number of aromatic nitrogens is 1. The fourth-order valence-corrected chi connectivity index (χ4v) is 5.38. The summed E-state index contributed by atoms with van der Waals surface area (Å²) in [5.41, 5.74) is 2.54. The van der Waals surface area contributed by atoms with Gasteiger partial charge in [-0.3, -0.25) is 4.79 Å². The van der Waals surface area contributed by atoms with Gasteiger partial charge in [-0.2, -0.15) is 0 Å². The normalized spacial score (nSPS) is 16.2. The van der Waals surface area contributed by atoms with Gasteiger partial charge in [0, 0.05) is 42.4 Å². The van der Waals surface area contributed by atoms with Gasteiger partial charge in [0.05, 0.1) is 0 Å². The Hall–Kier alpha value is -2.06. The number of carbonyl (C=O) groups is 2. The Bertz CT molecular complexity index is 838. The molecule has 2 heterocycles. The molecule has 0 bridgehead atoms. The van der Waals surface area contributed by atoms with Crippen LogP contribution in [-0.2, 0) is 11.2 Å². The molecule has 1 aliphatic heterocycles. The molecule has 1 aromatic heterocycles. The number of nitrogens with one attached hydrogen (secondary N) is 1. The van der Waals surface area contributed by atoms with E-state index >= 15 is 0 Å². The van der Waals surface area contributed by atoms with Gasteiger partial charge in [0.15, 0.2) is 10.0 Å². The summed E-state index contributed by atoms with van der Waals surface area (Å²) in [6.07, 6.45) is 6.33. The standard InChI is InChI=1S/C22H29N3O3S2/c1-2-3-4-5-16-6-8-17(9-7-16)23-14-18-10-11-20(26)25(18)12-13-29-22-24-19(15-30-22)21(27)28/h6-9,15,18,23H,2-5,10-14H2,1H3,(H,27,28)/t18-/m1/s1. The first-order valence-electron chi connectivity index (χ1n) is 10.5. The van der Waals surface area contributed by atoms with Crippen LogP contribution in [0.2, 0.25) is 0 Å². The van der Waals surface area contributed by atoms with Gasteiger partial charge in [0.2, 0.25) is 5.91 Å². The van der Waals surface area contributed by atoms with Crippen molar-refractivity contribution in [2.75, 3.05) is 24.2 Å². The summed E-state index contributed by atoms with van der Waals surface area (Å²) in [5, 5.41) is 14.0. The quantitative estimate of drug-likeness (QED) is 0.360. The van der Waals surface area contributed by atoms with E-state index in [1.165, 1.54) is 47.9 Å². The molecule has 3 rings (SSSR count). The smallest absolute Gasteiger partial charge is 0.355 e. The van der Waals surface area contributed by atoms with Gasteiger partial charge in [-0.15, -0.1) is 11.3 Å². The highest BCUT2D eigenvalue weighted by Gasteiger charge is 2.30. The molecule has 6 nitrogen and oxygen atoms in total. The van der Waals surface area contributed by atoms with Crippen molar-refractivity contribution in [1.29, 1.82) is 0 Å². The third-order valence-corrected chi connectivity index (χ3v) is 7.28. The van der Waals surface area contributed by atoms with E-state index in [4.69, 9.17) is 5.11 Å². The number of amides is 1. The number of carboxylic acid groups (broad SMARTS) is 1. The average Bonchev–Trinajstić information content (AvgIpc) is 3.35. The van der Waals surface area contributed by atoms with Crippen LogP contribution in [0.25, 0.3) is 0 Å². The second-order valence-corrected chi connectivity index (χ2v) is 9.67. The first kappa shape index (κ1) is 22.6. The SMILES string of the molecule is CCCCCc1ccc(NC[C@H]2CCC(=O)N2CCSc2nc(C(=O)O)cs2)cc1. The van der Waals surface area contributed by atoms with Crippen LogP contribution in [0.1, 0.15) is 55.1 Å². The number of thiazole rings is 1. The molecule has 1 atom stereocenters. The van der Waals surface area contributed by atoms with Crippen molar-refractivity contribution in [2.45, 2.75) is 55.8 Å². The Morgan fingerprint density at radius 1 is 1.33 bits per heavy atom. The molecule has 0 aliphatic carbocycles. The van der Waals surface area contributed by atoms with Crippen LogP contribution in [0.5, 0.6) is 0 Å². The summed E-state index contributed by atoms with van der Waals surface area (Å²) in [7, 11) is 0. The lowest BCUT2D eigenvalue weighted by Gasteiger charge is -2.25.